The van der Waals surface area contributed by atoms with E-state index in [1.165, 1.54) is 24.3 Å². The van der Waals surface area contributed by atoms with Crippen molar-refractivity contribution in [1.29, 1.82) is 0 Å². The summed E-state index contributed by atoms with van der Waals surface area (Å²) in [6.07, 6.45) is -0.176. The molecule has 29 heavy (non-hydrogen) atoms. The lowest BCUT2D eigenvalue weighted by atomic mass is 10.1. The summed E-state index contributed by atoms with van der Waals surface area (Å²) in [7, 11) is 0. The van der Waals surface area contributed by atoms with E-state index in [4.69, 9.17) is 4.74 Å². The Hall–Kier alpha value is -2.48. The highest BCUT2D eigenvalue weighted by Crippen LogP contribution is 2.18. The summed E-state index contributed by atoms with van der Waals surface area (Å²) in [5.74, 6) is -0.804. The van der Waals surface area contributed by atoms with Crippen molar-refractivity contribution in [1.82, 2.24) is 10.6 Å². The van der Waals surface area contributed by atoms with Gasteiger partial charge in [0.05, 0.1) is 18.8 Å². The molecule has 156 valence electrons. The van der Waals surface area contributed by atoms with Crippen LogP contribution in [0.3, 0.4) is 0 Å². The van der Waals surface area contributed by atoms with Crippen LogP contribution in [-0.2, 0) is 9.53 Å². The molecule has 8 heteroatoms. The van der Waals surface area contributed by atoms with Crippen LogP contribution in [-0.4, -0.2) is 37.1 Å². The number of hydrogen-bond donors (Lipinski definition) is 3. The van der Waals surface area contributed by atoms with Crippen molar-refractivity contribution in [3.63, 3.8) is 0 Å². The first-order valence-corrected chi connectivity index (χ1v) is 9.26. The van der Waals surface area contributed by atoms with Gasteiger partial charge in [0.15, 0.2) is 0 Å². The number of anilines is 1. The molecule has 0 aromatic heterocycles. The molecule has 0 radical (unpaired) electrons. The number of rotatable bonds is 5. The van der Waals surface area contributed by atoms with Crippen LogP contribution in [0.15, 0.2) is 48.5 Å². The molecule has 2 amide bonds. The van der Waals surface area contributed by atoms with Gasteiger partial charge < -0.3 is 20.7 Å². The van der Waals surface area contributed by atoms with Crippen molar-refractivity contribution in [3.05, 3.63) is 65.5 Å². The molecular weight excluding hydrogens is 397 g/mol. The third-order valence-corrected chi connectivity index (χ3v) is 4.73. The van der Waals surface area contributed by atoms with Gasteiger partial charge in [-0.05, 0) is 55.8 Å². The Bertz CT molecular complexity index is 830. The van der Waals surface area contributed by atoms with Crippen molar-refractivity contribution in [2.24, 2.45) is 0 Å². The lowest BCUT2D eigenvalue weighted by molar-refractivity contribution is -0.129. The summed E-state index contributed by atoms with van der Waals surface area (Å²) in [5.41, 5.74) is 1.91. The zero-order valence-corrected chi connectivity index (χ0v) is 17.1. The molecule has 1 unspecified atom stereocenters. The topological polar surface area (TPSA) is 79.5 Å². The molecule has 0 saturated carbocycles. The second kappa shape index (κ2) is 10.3. The number of amides is 2. The van der Waals surface area contributed by atoms with Gasteiger partial charge in [0, 0.05) is 17.8 Å². The van der Waals surface area contributed by atoms with Gasteiger partial charge in [0.2, 0.25) is 5.91 Å². The zero-order valence-electron chi connectivity index (χ0n) is 16.3. The van der Waals surface area contributed by atoms with E-state index in [1.54, 1.807) is 12.1 Å². The Kier molecular flexibility index (Phi) is 8.13. The van der Waals surface area contributed by atoms with Gasteiger partial charge in [-0.15, -0.1) is 12.4 Å². The predicted molar refractivity (Wildman–Crippen MR) is 112 cm³/mol. The zero-order chi connectivity index (χ0) is 20.1. The SMILES string of the molecule is CC(NC(=O)[C@H]1NCCO[C@@H]1C)c1ccc(NC(=O)c2ccc(F)cc2)cc1.Cl. The number of hydrogen-bond acceptors (Lipinski definition) is 4. The maximum atomic E-state index is 13.0. The Balaban J connectivity index is 0.00000300. The molecule has 6 nitrogen and oxygen atoms in total. The van der Waals surface area contributed by atoms with E-state index in [-0.39, 0.29) is 48.2 Å². The molecule has 0 aliphatic carbocycles. The molecule has 3 rings (SSSR count). The second-order valence-corrected chi connectivity index (χ2v) is 6.82. The molecule has 2 aromatic carbocycles. The molecule has 0 spiro atoms. The lowest BCUT2D eigenvalue weighted by Gasteiger charge is -2.30. The van der Waals surface area contributed by atoms with Crippen molar-refractivity contribution in [2.75, 3.05) is 18.5 Å². The quantitative estimate of drug-likeness (QED) is 0.693. The van der Waals surface area contributed by atoms with Crippen LogP contribution in [0.5, 0.6) is 0 Å². The predicted octanol–water partition coefficient (Wildman–Crippen LogP) is 3.05. The largest absolute Gasteiger partial charge is 0.375 e. The molecule has 1 heterocycles. The van der Waals surface area contributed by atoms with Gasteiger partial charge in [-0.25, -0.2) is 4.39 Å². The number of benzene rings is 2. The van der Waals surface area contributed by atoms with Crippen LogP contribution >= 0.6 is 12.4 Å². The summed E-state index contributed by atoms with van der Waals surface area (Å²) < 4.78 is 18.5. The third-order valence-electron chi connectivity index (χ3n) is 4.73. The number of morpholine rings is 1. The molecule has 2 aromatic rings. The van der Waals surface area contributed by atoms with Crippen LogP contribution in [0.25, 0.3) is 0 Å². The lowest BCUT2D eigenvalue weighted by Crippen LogP contribution is -2.55. The summed E-state index contributed by atoms with van der Waals surface area (Å²) in [5, 5.41) is 8.92. The number of carbonyl (C=O) groups excluding carboxylic acids is 2. The van der Waals surface area contributed by atoms with E-state index in [1.807, 2.05) is 26.0 Å². The second-order valence-electron chi connectivity index (χ2n) is 6.82. The van der Waals surface area contributed by atoms with Crippen LogP contribution in [0.4, 0.5) is 10.1 Å². The van der Waals surface area contributed by atoms with E-state index in [9.17, 15) is 14.0 Å². The fourth-order valence-corrected chi connectivity index (χ4v) is 3.07. The Morgan fingerprint density at radius 2 is 1.79 bits per heavy atom. The first-order valence-electron chi connectivity index (χ1n) is 9.26. The van der Waals surface area contributed by atoms with Gasteiger partial charge in [0.25, 0.3) is 5.91 Å². The van der Waals surface area contributed by atoms with Crippen LogP contribution in [0.2, 0.25) is 0 Å². The first-order chi connectivity index (χ1) is 13.4. The van der Waals surface area contributed by atoms with Gasteiger partial charge in [-0.2, -0.15) is 0 Å². The molecule has 1 aliphatic rings. The summed E-state index contributed by atoms with van der Waals surface area (Å²) >= 11 is 0. The highest BCUT2D eigenvalue weighted by Gasteiger charge is 2.29. The third kappa shape index (κ3) is 6.00. The van der Waals surface area contributed by atoms with Crippen LogP contribution < -0.4 is 16.0 Å². The van der Waals surface area contributed by atoms with E-state index in [2.05, 4.69) is 16.0 Å². The first kappa shape index (κ1) is 22.8. The van der Waals surface area contributed by atoms with Crippen molar-refractivity contribution >= 4 is 29.9 Å². The fourth-order valence-electron chi connectivity index (χ4n) is 3.07. The van der Waals surface area contributed by atoms with E-state index in [0.717, 1.165) is 5.56 Å². The minimum absolute atomic E-state index is 0. The number of ether oxygens (including phenoxy) is 1. The minimum Gasteiger partial charge on any atom is -0.375 e. The molecular formula is C21H25ClFN3O3. The van der Waals surface area contributed by atoms with E-state index < -0.39 is 0 Å². The molecule has 3 atom stereocenters. The van der Waals surface area contributed by atoms with Crippen molar-refractivity contribution < 1.29 is 18.7 Å². The molecule has 0 bridgehead atoms. The van der Waals surface area contributed by atoms with E-state index in [0.29, 0.717) is 24.4 Å². The average Bonchev–Trinajstić information content (AvgIpc) is 2.69. The highest BCUT2D eigenvalue weighted by molar-refractivity contribution is 6.04. The monoisotopic (exact) mass is 421 g/mol. The number of carbonyl (C=O) groups is 2. The summed E-state index contributed by atoms with van der Waals surface area (Å²) in [4.78, 5) is 24.6. The number of halogens is 2. The van der Waals surface area contributed by atoms with Crippen LogP contribution in [0, 0.1) is 5.82 Å². The Morgan fingerprint density at radius 1 is 1.14 bits per heavy atom. The Morgan fingerprint density at radius 3 is 2.41 bits per heavy atom. The van der Waals surface area contributed by atoms with Crippen LogP contribution in [0.1, 0.15) is 35.8 Å². The van der Waals surface area contributed by atoms with Gasteiger partial charge in [-0.1, -0.05) is 12.1 Å². The minimum atomic E-state index is -0.388. The van der Waals surface area contributed by atoms with Crippen molar-refractivity contribution in [2.45, 2.75) is 32.0 Å². The maximum Gasteiger partial charge on any atom is 0.255 e. The maximum absolute atomic E-state index is 13.0. The highest BCUT2D eigenvalue weighted by atomic mass is 35.5. The van der Waals surface area contributed by atoms with Gasteiger partial charge in [0.1, 0.15) is 11.9 Å². The smallest absolute Gasteiger partial charge is 0.255 e. The molecule has 3 N–H and O–H groups in total. The van der Waals surface area contributed by atoms with E-state index >= 15 is 0 Å². The standard InChI is InChI=1S/C21H24FN3O3.ClH/c1-13(24-21(27)19-14(2)28-12-11-23-19)15-5-9-18(10-6-15)25-20(26)16-3-7-17(22)8-4-16;/h3-10,13-14,19,23H,11-12H2,1-2H3,(H,24,27)(H,25,26);1H/t13?,14-,19+;/m1./s1. The summed E-state index contributed by atoms with van der Waals surface area (Å²) in [6, 6.07) is 12.0. The van der Waals surface area contributed by atoms with Gasteiger partial charge in [-0.3, -0.25) is 9.59 Å². The average molecular weight is 422 g/mol. The van der Waals surface area contributed by atoms with Gasteiger partial charge >= 0.3 is 0 Å². The molecule has 1 fully saturated rings. The molecule has 1 aliphatic heterocycles. The number of nitrogens with one attached hydrogen (secondary N) is 3. The normalized spacial score (nSPS) is 19.6. The fraction of sp³-hybridized carbons (Fsp3) is 0.333. The summed E-state index contributed by atoms with van der Waals surface area (Å²) in [6.45, 7) is 5.03. The van der Waals surface area contributed by atoms with Crippen molar-refractivity contribution in [3.8, 4) is 0 Å². The Labute approximate surface area is 175 Å². The molecule has 1 saturated heterocycles.